The monoisotopic (exact) mass is 372 g/mol. The number of carbonyl (C=O) groups excluding carboxylic acids is 1. The maximum atomic E-state index is 12.7. The predicted molar refractivity (Wildman–Crippen MR) is 104 cm³/mol. The highest BCUT2D eigenvalue weighted by molar-refractivity contribution is 5.79. The summed E-state index contributed by atoms with van der Waals surface area (Å²) >= 11 is 0. The van der Waals surface area contributed by atoms with E-state index in [4.69, 9.17) is 4.74 Å². The van der Waals surface area contributed by atoms with Gasteiger partial charge in [-0.15, -0.1) is 0 Å². The van der Waals surface area contributed by atoms with E-state index >= 15 is 0 Å². The Kier molecular flexibility index (Phi) is 5.03. The molecular weight excluding hydrogens is 355 g/mol. The number of hydrogen-bond donors (Lipinski definition) is 1. The number of nitrogens with one attached hydrogen (secondary N) is 1. The Morgan fingerprint density at radius 1 is 1.04 bits per heavy atom. The smallest absolute Gasteiger partial charge is 0.407 e. The van der Waals surface area contributed by atoms with Crippen LogP contribution in [0.15, 0.2) is 66.9 Å². The van der Waals surface area contributed by atoms with Gasteiger partial charge in [-0.1, -0.05) is 60.4 Å². The van der Waals surface area contributed by atoms with E-state index < -0.39 is 12.0 Å². The second-order valence-corrected chi connectivity index (χ2v) is 6.35. The molecule has 4 rings (SSSR count). The number of pyridine rings is 1. The second-order valence-electron chi connectivity index (χ2n) is 6.35. The van der Waals surface area contributed by atoms with Crippen molar-refractivity contribution >= 4 is 6.09 Å². The third-order valence-electron chi connectivity index (χ3n) is 4.62. The summed E-state index contributed by atoms with van der Waals surface area (Å²) in [4.78, 5) is 15.5. The van der Waals surface area contributed by atoms with E-state index in [-0.39, 0.29) is 19.1 Å². The van der Waals surface area contributed by atoms with Crippen LogP contribution in [0.5, 0.6) is 0 Å². The summed E-state index contributed by atoms with van der Waals surface area (Å²) in [7, 11) is 0. The SMILES string of the molecule is O=C(NCC#Cc1ccc(F)nc1)OCC1c2ccccc2-c2ccccc21. The van der Waals surface area contributed by atoms with Crippen molar-refractivity contribution in [3.8, 4) is 23.0 Å². The van der Waals surface area contributed by atoms with Crippen molar-refractivity contribution in [2.75, 3.05) is 13.2 Å². The summed E-state index contributed by atoms with van der Waals surface area (Å²) in [5.74, 6) is 5.06. The molecule has 0 aliphatic heterocycles. The van der Waals surface area contributed by atoms with Crippen LogP contribution in [0.3, 0.4) is 0 Å². The highest BCUT2D eigenvalue weighted by Gasteiger charge is 2.28. The summed E-state index contributed by atoms with van der Waals surface area (Å²) in [5.41, 5.74) is 5.28. The molecule has 3 aromatic rings. The van der Waals surface area contributed by atoms with E-state index in [2.05, 4.69) is 46.4 Å². The van der Waals surface area contributed by atoms with Crippen LogP contribution in [0.2, 0.25) is 0 Å². The number of benzene rings is 2. The van der Waals surface area contributed by atoms with E-state index in [9.17, 15) is 9.18 Å². The van der Waals surface area contributed by atoms with E-state index in [0.717, 1.165) is 0 Å². The van der Waals surface area contributed by atoms with Gasteiger partial charge in [0.1, 0.15) is 6.61 Å². The van der Waals surface area contributed by atoms with Crippen LogP contribution >= 0.6 is 0 Å². The second kappa shape index (κ2) is 7.93. The molecule has 0 bridgehead atoms. The minimum absolute atomic E-state index is 0.0227. The predicted octanol–water partition coefficient (Wildman–Crippen LogP) is 4.11. The lowest BCUT2D eigenvalue weighted by Gasteiger charge is -2.14. The number of fused-ring (bicyclic) bond motifs is 3. The minimum Gasteiger partial charge on any atom is -0.449 e. The Morgan fingerprint density at radius 3 is 2.36 bits per heavy atom. The van der Waals surface area contributed by atoms with Crippen molar-refractivity contribution < 1.29 is 13.9 Å². The van der Waals surface area contributed by atoms with Crippen molar-refractivity contribution in [2.24, 2.45) is 0 Å². The molecule has 0 spiro atoms. The van der Waals surface area contributed by atoms with Gasteiger partial charge in [0.05, 0.1) is 6.54 Å². The molecule has 1 aliphatic carbocycles. The Hall–Kier alpha value is -3.65. The zero-order valence-electron chi connectivity index (χ0n) is 15.0. The molecule has 0 fully saturated rings. The van der Waals surface area contributed by atoms with Crippen LogP contribution in [-0.2, 0) is 4.74 Å². The highest BCUT2D eigenvalue weighted by atomic mass is 19.1. The maximum Gasteiger partial charge on any atom is 0.407 e. The van der Waals surface area contributed by atoms with Crippen molar-refractivity contribution in [3.05, 3.63) is 89.5 Å². The summed E-state index contributed by atoms with van der Waals surface area (Å²) in [6.45, 7) is 0.392. The normalized spacial score (nSPS) is 11.8. The molecule has 2 aromatic carbocycles. The molecule has 1 N–H and O–H groups in total. The molecule has 4 nitrogen and oxygen atoms in total. The third kappa shape index (κ3) is 3.72. The van der Waals surface area contributed by atoms with Crippen LogP contribution in [0.4, 0.5) is 9.18 Å². The fourth-order valence-corrected chi connectivity index (χ4v) is 3.36. The van der Waals surface area contributed by atoms with Gasteiger partial charge in [0.25, 0.3) is 0 Å². The van der Waals surface area contributed by atoms with Gasteiger partial charge in [-0.05, 0) is 34.4 Å². The van der Waals surface area contributed by atoms with E-state index in [1.807, 2.05) is 24.3 Å². The number of halogens is 1. The first-order chi connectivity index (χ1) is 13.7. The zero-order valence-corrected chi connectivity index (χ0v) is 15.0. The van der Waals surface area contributed by atoms with Crippen LogP contribution in [0.1, 0.15) is 22.6 Å². The number of ether oxygens (including phenoxy) is 1. The molecule has 5 heteroatoms. The van der Waals surface area contributed by atoms with E-state index in [0.29, 0.717) is 5.56 Å². The molecule has 0 saturated carbocycles. The maximum absolute atomic E-state index is 12.7. The van der Waals surface area contributed by atoms with Crippen molar-refractivity contribution in [2.45, 2.75) is 5.92 Å². The fourth-order valence-electron chi connectivity index (χ4n) is 3.36. The van der Waals surface area contributed by atoms with Crippen LogP contribution in [0, 0.1) is 17.8 Å². The molecule has 1 aliphatic rings. The van der Waals surface area contributed by atoms with Crippen LogP contribution in [-0.4, -0.2) is 24.2 Å². The summed E-state index contributed by atoms with van der Waals surface area (Å²) in [6.07, 6.45) is 0.823. The van der Waals surface area contributed by atoms with Gasteiger partial charge < -0.3 is 10.1 Å². The molecule has 0 unspecified atom stereocenters. The lowest BCUT2D eigenvalue weighted by molar-refractivity contribution is 0.144. The largest absolute Gasteiger partial charge is 0.449 e. The molecule has 1 aromatic heterocycles. The molecule has 138 valence electrons. The summed E-state index contributed by atoms with van der Waals surface area (Å²) < 4.78 is 18.2. The summed E-state index contributed by atoms with van der Waals surface area (Å²) in [6, 6.07) is 19.1. The first-order valence-electron chi connectivity index (χ1n) is 8.91. The lowest BCUT2D eigenvalue weighted by atomic mass is 9.98. The standard InChI is InChI=1S/C23H17FN2O2/c24-22-12-11-16(14-26-22)6-5-13-25-23(27)28-15-21-19-9-3-1-7-17(19)18-8-2-4-10-20(18)21/h1-4,7-12,14,21H,13,15H2,(H,25,27). The number of nitrogens with zero attached hydrogens (tertiary/aromatic N) is 1. The van der Waals surface area contributed by atoms with Crippen LogP contribution in [0.25, 0.3) is 11.1 Å². The highest BCUT2D eigenvalue weighted by Crippen LogP contribution is 2.44. The lowest BCUT2D eigenvalue weighted by Crippen LogP contribution is -2.26. The average molecular weight is 372 g/mol. The molecule has 1 amide bonds. The molecule has 0 atom stereocenters. The van der Waals surface area contributed by atoms with Gasteiger partial charge >= 0.3 is 6.09 Å². The molecule has 1 heterocycles. The Balaban J connectivity index is 1.35. The third-order valence-corrected chi connectivity index (χ3v) is 4.62. The van der Waals surface area contributed by atoms with Crippen molar-refractivity contribution in [1.29, 1.82) is 0 Å². The number of alkyl carbamates (subject to hydrolysis) is 1. The zero-order chi connectivity index (χ0) is 19.3. The molecular formula is C23H17FN2O2. The van der Waals surface area contributed by atoms with E-state index in [1.165, 1.54) is 40.6 Å². The number of carbonyl (C=O) groups is 1. The Labute approximate surface area is 162 Å². The van der Waals surface area contributed by atoms with Gasteiger partial charge in [0, 0.05) is 17.7 Å². The number of aromatic nitrogens is 1. The Bertz CT molecular complexity index is 1020. The number of hydrogen-bond acceptors (Lipinski definition) is 3. The van der Waals surface area contributed by atoms with E-state index in [1.54, 1.807) is 0 Å². The Morgan fingerprint density at radius 2 is 1.71 bits per heavy atom. The van der Waals surface area contributed by atoms with Gasteiger partial charge in [-0.3, -0.25) is 0 Å². The van der Waals surface area contributed by atoms with Crippen molar-refractivity contribution in [1.82, 2.24) is 10.3 Å². The quantitative estimate of drug-likeness (QED) is 0.556. The summed E-state index contributed by atoms with van der Waals surface area (Å²) in [5, 5.41) is 2.61. The van der Waals surface area contributed by atoms with Gasteiger partial charge in [-0.2, -0.15) is 4.39 Å². The first-order valence-corrected chi connectivity index (χ1v) is 8.91. The number of rotatable bonds is 3. The topological polar surface area (TPSA) is 51.2 Å². The molecule has 0 radical (unpaired) electrons. The van der Waals surface area contributed by atoms with Gasteiger partial charge in [0.15, 0.2) is 0 Å². The number of amides is 1. The van der Waals surface area contributed by atoms with Crippen LogP contribution < -0.4 is 5.32 Å². The first kappa shape index (κ1) is 17.7. The minimum atomic E-state index is -0.553. The van der Waals surface area contributed by atoms with Crippen molar-refractivity contribution in [3.63, 3.8) is 0 Å². The van der Waals surface area contributed by atoms with Gasteiger partial charge in [-0.25, -0.2) is 9.78 Å². The molecule has 28 heavy (non-hydrogen) atoms. The fraction of sp³-hybridized carbons (Fsp3) is 0.130. The van der Waals surface area contributed by atoms with Gasteiger partial charge in [0.2, 0.25) is 5.95 Å². The average Bonchev–Trinajstić information content (AvgIpc) is 3.05. The molecule has 0 saturated heterocycles.